The molecule has 0 aliphatic carbocycles. The Hall–Kier alpha value is -1.94. The van der Waals surface area contributed by atoms with E-state index in [9.17, 15) is 43.2 Å². The first kappa shape index (κ1) is 108. The Morgan fingerprint density at radius 3 is 0.691 bits per heavy atom. The van der Waals surface area contributed by atoms with E-state index in [4.69, 9.17) is 37.0 Å². The summed E-state index contributed by atoms with van der Waals surface area (Å²) in [5, 5.41) is 10.7. The molecule has 0 fully saturated rings. The van der Waals surface area contributed by atoms with E-state index in [-0.39, 0.29) is 25.7 Å². The molecule has 0 aliphatic rings. The first-order chi connectivity index (χ1) is 53.3. The Morgan fingerprint density at radius 1 is 0.264 bits per heavy atom. The first-order valence-electron chi connectivity index (χ1n) is 46.9. The highest BCUT2D eigenvalue weighted by molar-refractivity contribution is 7.47. The van der Waals surface area contributed by atoms with Gasteiger partial charge >= 0.3 is 39.5 Å². The number of hydrogen-bond donors (Lipinski definition) is 3. The van der Waals surface area contributed by atoms with E-state index < -0.39 is 97.5 Å². The lowest BCUT2D eigenvalue weighted by molar-refractivity contribution is -0.161. The number of hydrogen-bond acceptors (Lipinski definition) is 15. The highest BCUT2D eigenvalue weighted by Crippen LogP contribution is 2.45. The van der Waals surface area contributed by atoms with Crippen molar-refractivity contribution in [3.05, 3.63) is 0 Å². The van der Waals surface area contributed by atoms with Crippen molar-refractivity contribution < 1.29 is 80.2 Å². The zero-order valence-electron chi connectivity index (χ0n) is 72.7. The maximum atomic E-state index is 13.2. The zero-order valence-corrected chi connectivity index (χ0v) is 74.5. The van der Waals surface area contributed by atoms with Crippen molar-refractivity contribution in [1.82, 2.24) is 0 Å². The van der Waals surface area contributed by atoms with Gasteiger partial charge < -0.3 is 33.8 Å². The Labute approximate surface area is 677 Å². The van der Waals surface area contributed by atoms with Crippen molar-refractivity contribution in [2.75, 3.05) is 39.6 Å². The topological polar surface area (TPSA) is 237 Å². The van der Waals surface area contributed by atoms with Gasteiger partial charge in [-0.1, -0.05) is 434 Å². The van der Waals surface area contributed by atoms with Gasteiger partial charge in [-0.15, -0.1) is 0 Å². The monoisotopic (exact) mass is 1610 g/mol. The standard InChI is InChI=1S/C91H178O17P2/c1-8-11-12-13-14-15-34-44-51-58-65-72-88(93)101-78-86(108-91(96)75-68-61-54-47-40-33-32-35-41-48-55-62-69-82(4)5)80-105-109(97,98)103-76-85(92)77-104-110(99,100)106-81-87(107-90(95)74-67-60-53-46-39-31-27-23-19-17-21-25-29-37-43-50-57-64-71-84(7)10-3)79-102-89(94)73-66-59-52-45-38-30-26-22-18-16-20-24-28-36-42-49-56-63-70-83(6)9-2/h82-87,92H,8-81H2,1-7H3,(H,97,98)(H,99,100)/t83?,84?,85-,86+,87+/m0/s1. The summed E-state index contributed by atoms with van der Waals surface area (Å²) >= 11 is 0. The van der Waals surface area contributed by atoms with Crippen LogP contribution < -0.4 is 0 Å². The van der Waals surface area contributed by atoms with Gasteiger partial charge in [0.1, 0.15) is 19.3 Å². The molecular formula is C91H178O17P2. The van der Waals surface area contributed by atoms with Gasteiger partial charge in [0.25, 0.3) is 0 Å². The average molecular weight is 1610 g/mol. The average Bonchev–Trinajstić information content (AvgIpc) is 1.91. The zero-order chi connectivity index (χ0) is 80.8. The normalized spacial score (nSPS) is 14.3. The van der Waals surface area contributed by atoms with Gasteiger partial charge in [-0.05, 0) is 43.4 Å². The number of ether oxygens (including phenoxy) is 4. The van der Waals surface area contributed by atoms with Crippen LogP contribution in [0.1, 0.15) is 485 Å². The highest BCUT2D eigenvalue weighted by atomic mass is 31.2. The number of phosphoric ester groups is 2. The second-order valence-electron chi connectivity index (χ2n) is 33.7. The van der Waals surface area contributed by atoms with Gasteiger partial charge in [-0.2, -0.15) is 0 Å². The number of unbranched alkanes of at least 4 members (excludes halogenated alkanes) is 55. The highest BCUT2D eigenvalue weighted by Gasteiger charge is 2.31. The lowest BCUT2D eigenvalue weighted by Crippen LogP contribution is -2.30. The maximum Gasteiger partial charge on any atom is 0.472 e. The minimum atomic E-state index is -4.97. The van der Waals surface area contributed by atoms with Gasteiger partial charge in [-0.3, -0.25) is 37.3 Å². The molecule has 0 saturated carbocycles. The van der Waals surface area contributed by atoms with E-state index >= 15 is 0 Å². The van der Waals surface area contributed by atoms with E-state index in [1.165, 1.54) is 295 Å². The fraction of sp³-hybridized carbons (Fsp3) is 0.956. The molecule has 0 bridgehead atoms. The second-order valence-corrected chi connectivity index (χ2v) is 36.6. The molecule has 654 valence electrons. The molecule has 0 heterocycles. The van der Waals surface area contributed by atoms with Crippen LogP contribution in [-0.4, -0.2) is 96.7 Å². The molecule has 110 heavy (non-hydrogen) atoms. The molecular weight excluding hydrogens is 1430 g/mol. The molecule has 17 nitrogen and oxygen atoms in total. The van der Waals surface area contributed by atoms with Crippen molar-refractivity contribution in [1.29, 1.82) is 0 Å². The van der Waals surface area contributed by atoms with E-state index in [0.29, 0.717) is 25.7 Å². The van der Waals surface area contributed by atoms with Gasteiger partial charge in [0.2, 0.25) is 0 Å². The third-order valence-electron chi connectivity index (χ3n) is 22.1. The number of aliphatic hydroxyl groups is 1. The summed E-state index contributed by atoms with van der Waals surface area (Å²) in [5.41, 5.74) is 0. The van der Waals surface area contributed by atoms with Crippen LogP contribution in [0.2, 0.25) is 0 Å². The molecule has 0 saturated heterocycles. The van der Waals surface area contributed by atoms with E-state index in [1.54, 1.807) is 0 Å². The van der Waals surface area contributed by atoms with Gasteiger partial charge in [0, 0.05) is 25.7 Å². The molecule has 0 aromatic heterocycles. The lowest BCUT2D eigenvalue weighted by Gasteiger charge is -2.21. The number of rotatable bonds is 89. The SMILES string of the molecule is CCCCCCCCCCCCCC(=O)OC[C@H](COP(=O)(O)OC[C@H](O)COP(=O)(O)OC[C@@H](COC(=O)CCCCCCCCCCCCCCCCCCCCC(C)CC)OC(=O)CCCCCCCCCCCCCCCCCCCCC(C)CC)OC(=O)CCCCCCCCCCCCCCC(C)C. The molecule has 19 heteroatoms. The molecule has 4 unspecified atom stereocenters. The summed E-state index contributed by atoms with van der Waals surface area (Å²) in [6.07, 6.45) is 73.5. The fourth-order valence-electron chi connectivity index (χ4n) is 14.2. The van der Waals surface area contributed by atoms with Crippen molar-refractivity contribution in [2.24, 2.45) is 17.8 Å². The molecule has 0 radical (unpaired) electrons. The molecule has 3 N–H and O–H groups in total. The van der Waals surface area contributed by atoms with Crippen molar-refractivity contribution in [2.45, 2.75) is 503 Å². The van der Waals surface area contributed by atoms with Gasteiger partial charge in [-0.25, -0.2) is 9.13 Å². The van der Waals surface area contributed by atoms with Crippen LogP contribution in [-0.2, 0) is 65.4 Å². The molecule has 0 aromatic rings. The summed E-state index contributed by atoms with van der Waals surface area (Å²) in [6.45, 7) is 12.1. The number of aliphatic hydroxyl groups excluding tert-OH is 1. The Morgan fingerprint density at radius 2 is 0.464 bits per heavy atom. The number of carbonyl (C=O) groups excluding carboxylic acids is 4. The Balaban J connectivity index is 5.22. The maximum absolute atomic E-state index is 13.2. The van der Waals surface area contributed by atoms with Crippen molar-refractivity contribution in [3.8, 4) is 0 Å². The fourth-order valence-corrected chi connectivity index (χ4v) is 15.8. The summed E-state index contributed by atoms with van der Waals surface area (Å²) in [5.74, 6) is 0.423. The second kappa shape index (κ2) is 80.8. The molecule has 0 spiro atoms. The predicted octanol–water partition coefficient (Wildman–Crippen LogP) is 28.0. The third-order valence-corrected chi connectivity index (χ3v) is 24.0. The summed E-state index contributed by atoms with van der Waals surface area (Å²) in [7, 11) is -9.93. The first-order valence-corrected chi connectivity index (χ1v) is 49.9. The third kappa shape index (κ3) is 81.2. The van der Waals surface area contributed by atoms with Gasteiger partial charge in [0.15, 0.2) is 12.2 Å². The van der Waals surface area contributed by atoms with E-state index in [0.717, 1.165) is 108 Å². The minimum Gasteiger partial charge on any atom is -0.462 e. The van der Waals surface area contributed by atoms with Crippen LogP contribution in [0.3, 0.4) is 0 Å². The summed E-state index contributed by atoms with van der Waals surface area (Å²) in [4.78, 5) is 73.4. The quantitative estimate of drug-likeness (QED) is 0.0222. The summed E-state index contributed by atoms with van der Waals surface area (Å²) in [6, 6.07) is 0. The molecule has 0 aliphatic heterocycles. The molecule has 0 rings (SSSR count). The number of phosphoric acid groups is 2. The predicted molar refractivity (Wildman–Crippen MR) is 455 cm³/mol. The largest absolute Gasteiger partial charge is 0.472 e. The van der Waals surface area contributed by atoms with Crippen LogP contribution >= 0.6 is 15.6 Å². The molecule has 0 aromatic carbocycles. The molecule has 0 amide bonds. The Bertz CT molecular complexity index is 2120. The van der Waals surface area contributed by atoms with Crippen LogP contribution in [0.4, 0.5) is 0 Å². The van der Waals surface area contributed by atoms with Crippen LogP contribution in [0.5, 0.6) is 0 Å². The summed E-state index contributed by atoms with van der Waals surface area (Å²) < 4.78 is 69.0. The van der Waals surface area contributed by atoms with Crippen LogP contribution in [0.15, 0.2) is 0 Å². The van der Waals surface area contributed by atoms with Gasteiger partial charge in [0.05, 0.1) is 26.4 Å². The smallest absolute Gasteiger partial charge is 0.462 e. The van der Waals surface area contributed by atoms with Crippen molar-refractivity contribution in [3.63, 3.8) is 0 Å². The lowest BCUT2D eigenvalue weighted by atomic mass is 9.99. The van der Waals surface area contributed by atoms with Crippen LogP contribution in [0, 0.1) is 17.8 Å². The van der Waals surface area contributed by atoms with E-state index in [2.05, 4.69) is 48.5 Å². The number of carbonyl (C=O) groups is 4. The minimum absolute atomic E-state index is 0.107. The Kier molecular flexibility index (Phi) is 79.4. The molecule has 7 atom stereocenters. The van der Waals surface area contributed by atoms with Crippen molar-refractivity contribution >= 4 is 39.5 Å². The van der Waals surface area contributed by atoms with E-state index in [1.807, 2.05) is 0 Å². The van der Waals surface area contributed by atoms with Crippen LogP contribution in [0.25, 0.3) is 0 Å². The number of esters is 4.